The van der Waals surface area contributed by atoms with Crippen molar-refractivity contribution in [1.82, 2.24) is 15.5 Å². The molecule has 1 heterocycles. The van der Waals surface area contributed by atoms with E-state index in [1.165, 1.54) is 0 Å². The zero-order chi connectivity index (χ0) is 22.1. The summed E-state index contributed by atoms with van der Waals surface area (Å²) in [5.74, 6) is 0.706. The van der Waals surface area contributed by atoms with Gasteiger partial charge < -0.3 is 20.3 Å². The maximum Gasteiger partial charge on any atom is 0.251 e. The number of benzene rings is 1. The van der Waals surface area contributed by atoms with Crippen molar-refractivity contribution in [1.29, 1.82) is 0 Å². The van der Waals surface area contributed by atoms with Crippen LogP contribution in [0.25, 0.3) is 0 Å². The number of carbonyl (C=O) groups is 3. The van der Waals surface area contributed by atoms with Crippen LogP contribution in [0.3, 0.4) is 0 Å². The van der Waals surface area contributed by atoms with Gasteiger partial charge in [0.05, 0.1) is 7.11 Å². The highest BCUT2D eigenvalue weighted by molar-refractivity contribution is 5.97. The van der Waals surface area contributed by atoms with E-state index in [4.69, 9.17) is 4.74 Å². The third kappa shape index (κ3) is 6.75. The maximum absolute atomic E-state index is 12.8. The van der Waals surface area contributed by atoms with E-state index in [2.05, 4.69) is 10.6 Å². The minimum atomic E-state index is -0.617. The lowest BCUT2D eigenvalue weighted by atomic mass is 9.88. The SMILES string of the molecule is CCCNC(=O)C(NC(=O)c1ccc(OC)cc1)C1CCN(C(=O)CC(C)C)CC1. The average molecular weight is 418 g/mol. The standard InChI is InChI=1S/C23H35N3O4/c1-5-12-24-23(29)21(25-22(28)18-6-8-19(30-4)9-7-18)17-10-13-26(14-11-17)20(27)15-16(2)3/h6-9,16-17,21H,5,10-15H2,1-4H3,(H,24,29)(H,25,28). The van der Waals surface area contributed by atoms with Crippen molar-refractivity contribution in [2.45, 2.75) is 52.5 Å². The van der Waals surface area contributed by atoms with Crippen molar-refractivity contribution in [2.75, 3.05) is 26.7 Å². The first-order valence-electron chi connectivity index (χ1n) is 10.9. The molecule has 30 heavy (non-hydrogen) atoms. The second-order valence-electron chi connectivity index (χ2n) is 8.29. The number of rotatable bonds is 9. The van der Waals surface area contributed by atoms with Crippen molar-refractivity contribution < 1.29 is 19.1 Å². The Kier molecular flexibility index (Phi) is 9.15. The molecule has 7 nitrogen and oxygen atoms in total. The van der Waals surface area contributed by atoms with Crippen LogP contribution >= 0.6 is 0 Å². The number of hydrogen-bond donors (Lipinski definition) is 2. The van der Waals surface area contributed by atoms with Gasteiger partial charge in [-0.15, -0.1) is 0 Å². The van der Waals surface area contributed by atoms with Crippen molar-refractivity contribution in [2.24, 2.45) is 11.8 Å². The molecular formula is C23H35N3O4. The smallest absolute Gasteiger partial charge is 0.251 e. The Morgan fingerprint density at radius 1 is 1.13 bits per heavy atom. The largest absolute Gasteiger partial charge is 0.497 e. The number of piperidine rings is 1. The van der Waals surface area contributed by atoms with Gasteiger partial charge in [0.15, 0.2) is 0 Å². The van der Waals surface area contributed by atoms with Gasteiger partial charge in [-0.05, 0) is 55.4 Å². The van der Waals surface area contributed by atoms with E-state index < -0.39 is 6.04 Å². The van der Waals surface area contributed by atoms with Crippen molar-refractivity contribution >= 4 is 17.7 Å². The molecule has 1 fully saturated rings. The summed E-state index contributed by atoms with van der Waals surface area (Å²) in [6, 6.07) is 6.19. The molecule has 2 rings (SSSR count). The Bertz CT molecular complexity index is 710. The summed E-state index contributed by atoms with van der Waals surface area (Å²) in [5.41, 5.74) is 0.480. The summed E-state index contributed by atoms with van der Waals surface area (Å²) in [6.45, 7) is 7.86. The van der Waals surface area contributed by atoms with Crippen LogP contribution < -0.4 is 15.4 Å². The third-order valence-electron chi connectivity index (χ3n) is 5.42. The topological polar surface area (TPSA) is 87.7 Å². The number of amides is 3. The number of nitrogens with one attached hydrogen (secondary N) is 2. The summed E-state index contributed by atoms with van der Waals surface area (Å²) in [7, 11) is 1.57. The number of hydrogen-bond acceptors (Lipinski definition) is 4. The van der Waals surface area contributed by atoms with Crippen LogP contribution in [0.2, 0.25) is 0 Å². The van der Waals surface area contributed by atoms with Crippen LogP contribution in [-0.2, 0) is 9.59 Å². The normalized spacial score (nSPS) is 15.6. The Balaban J connectivity index is 2.05. The molecule has 166 valence electrons. The highest BCUT2D eigenvalue weighted by Crippen LogP contribution is 2.23. The Morgan fingerprint density at radius 2 is 1.77 bits per heavy atom. The molecule has 0 bridgehead atoms. The lowest BCUT2D eigenvalue weighted by molar-refractivity contribution is -0.133. The second kappa shape index (κ2) is 11.6. The number of carbonyl (C=O) groups excluding carboxylic acids is 3. The van der Waals surface area contributed by atoms with Crippen molar-refractivity contribution in [3.63, 3.8) is 0 Å². The lowest BCUT2D eigenvalue weighted by Gasteiger charge is -2.36. The van der Waals surface area contributed by atoms with E-state index >= 15 is 0 Å². The van der Waals surface area contributed by atoms with Crippen LogP contribution in [0.1, 0.15) is 56.8 Å². The fourth-order valence-corrected chi connectivity index (χ4v) is 3.68. The van der Waals surface area contributed by atoms with Gasteiger partial charge in [0.1, 0.15) is 11.8 Å². The summed E-state index contributed by atoms with van der Waals surface area (Å²) >= 11 is 0. The fraction of sp³-hybridized carbons (Fsp3) is 0.609. The molecule has 2 N–H and O–H groups in total. The quantitative estimate of drug-likeness (QED) is 0.647. The lowest BCUT2D eigenvalue weighted by Crippen LogP contribution is -2.54. The monoisotopic (exact) mass is 417 g/mol. The number of nitrogens with zero attached hydrogens (tertiary/aromatic N) is 1. The van der Waals surface area contributed by atoms with Crippen LogP contribution in [0.5, 0.6) is 5.75 Å². The van der Waals surface area contributed by atoms with Crippen LogP contribution in [0, 0.1) is 11.8 Å². The predicted molar refractivity (Wildman–Crippen MR) is 116 cm³/mol. The summed E-state index contributed by atoms with van der Waals surface area (Å²) in [6.07, 6.45) is 2.75. The molecule has 3 amide bonds. The molecule has 1 saturated heterocycles. The van der Waals surface area contributed by atoms with Gasteiger partial charge in [-0.25, -0.2) is 0 Å². The molecule has 0 spiro atoms. The molecule has 0 aromatic heterocycles. The average Bonchev–Trinajstić information content (AvgIpc) is 2.75. The van der Waals surface area contributed by atoms with Gasteiger partial charge in [0, 0.05) is 31.6 Å². The summed E-state index contributed by atoms with van der Waals surface area (Å²) in [4.78, 5) is 39.8. The summed E-state index contributed by atoms with van der Waals surface area (Å²) in [5, 5.41) is 5.84. The van der Waals surface area contributed by atoms with Gasteiger partial charge in [0.25, 0.3) is 5.91 Å². The Morgan fingerprint density at radius 3 is 2.30 bits per heavy atom. The number of methoxy groups -OCH3 is 1. The molecule has 1 aliphatic rings. The van der Waals surface area contributed by atoms with Gasteiger partial charge >= 0.3 is 0 Å². The van der Waals surface area contributed by atoms with Crippen LogP contribution in [0.15, 0.2) is 24.3 Å². The van der Waals surface area contributed by atoms with E-state index in [1.807, 2.05) is 25.7 Å². The van der Waals surface area contributed by atoms with E-state index in [0.29, 0.717) is 56.1 Å². The minimum Gasteiger partial charge on any atom is -0.497 e. The molecular weight excluding hydrogens is 382 g/mol. The fourth-order valence-electron chi connectivity index (χ4n) is 3.68. The van der Waals surface area contributed by atoms with E-state index in [-0.39, 0.29) is 23.6 Å². The minimum absolute atomic E-state index is 0.00726. The molecule has 1 aromatic rings. The van der Waals surface area contributed by atoms with Gasteiger partial charge in [0.2, 0.25) is 11.8 Å². The maximum atomic E-state index is 12.8. The third-order valence-corrected chi connectivity index (χ3v) is 5.42. The molecule has 0 saturated carbocycles. The molecule has 7 heteroatoms. The number of ether oxygens (including phenoxy) is 1. The number of likely N-dealkylation sites (tertiary alicyclic amines) is 1. The van der Waals surface area contributed by atoms with E-state index in [9.17, 15) is 14.4 Å². The molecule has 1 aliphatic heterocycles. The van der Waals surface area contributed by atoms with E-state index in [1.54, 1.807) is 31.4 Å². The Hall–Kier alpha value is -2.57. The highest BCUT2D eigenvalue weighted by atomic mass is 16.5. The molecule has 0 radical (unpaired) electrons. The molecule has 1 atom stereocenters. The van der Waals surface area contributed by atoms with E-state index in [0.717, 1.165) is 6.42 Å². The van der Waals surface area contributed by atoms with Gasteiger partial charge in [-0.3, -0.25) is 14.4 Å². The molecule has 1 aromatic carbocycles. The van der Waals surface area contributed by atoms with Crippen LogP contribution in [0.4, 0.5) is 0 Å². The van der Waals surface area contributed by atoms with Crippen molar-refractivity contribution in [3.05, 3.63) is 29.8 Å². The zero-order valence-corrected chi connectivity index (χ0v) is 18.6. The summed E-state index contributed by atoms with van der Waals surface area (Å²) < 4.78 is 5.13. The van der Waals surface area contributed by atoms with Gasteiger partial charge in [-0.2, -0.15) is 0 Å². The Labute approximate surface area is 179 Å². The second-order valence-corrected chi connectivity index (χ2v) is 8.29. The predicted octanol–water partition coefficient (Wildman–Crippen LogP) is 2.60. The molecule has 0 aliphatic carbocycles. The van der Waals surface area contributed by atoms with Gasteiger partial charge in [-0.1, -0.05) is 20.8 Å². The first kappa shape index (κ1) is 23.7. The first-order chi connectivity index (χ1) is 14.3. The molecule has 1 unspecified atom stereocenters. The highest BCUT2D eigenvalue weighted by Gasteiger charge is 2.33. The van der Waals surface area contributed by atoms with Crippen molar-refractivity contribution in [3.8, 4) is 5.75 Å². The first-order valence-corrected chi connectivity index (χ1v) is 10.9. The van der Waals surface area contributed by atoms with Crippen LogP contribution in [-0.4, -0.2) is 55.4 Å². The zero-order valence-electron chi connectivity index (χ0n) is 18.6.